The molecule has 1 unspecified atom stereocenters. The molecule has 0 heterocycles. The fraction of sp³-hybridized carbons (Fsp3) is 0.625. The van der Waals surface area contributed by atoms with Gasteiger partial charge in [-0.2, -0.15) is 0 Å². The zero-order valence-electron chi connectivity index (χ0n) is 12.8. The smallest absolute Gasteiger partial charge is 0.161 e. The average Bonchev–Trinajstić information content (AvgIpc) is 2.47. The third-order valence-corrected chi connectivity index (χ3v) is 3.40. The summed E-state index contributed by atoms with van der Waals surface area (Å²) in [5.74, 6) is 2.09. The predicted octanol–water partition coefficient (Wildman–Crippen LogP) is 2.59. The van der Waals surface area contributed by atoms with Crippen LogP contribution in [0.5, 0.6) is 11.5 Å². The molecule has 0 saturated carbocycles. The lowest BCUT2D eigenvalue weighted by Gasteiger charge is -2.15. The first-order valence-electron chi connectivity index (χ1n) is 7.36. The van der Waals surface area contributed by atoms with E-state index in [0.29, 0.717) is 12.5 Å². The van der Waals surface area contributed by atoms with Crippen molar-refractivity contribution in [2.45, 2.75) is 33.2 Å². The summed E-state index contributed by atoms with van der Waals surface area (Å²) in [7, 11) is 1.65. The highest BCUT2D eigenvalue weighted by Crippen LogP contribution is 2.27. The summed E-state index contributed by atoms with van der Waals surface area (Å²) in [6.45, 7) is 6.73. The van der Waals surface area contributed by atoms with E-state index in [1.807, 2.05) is 25.1 Å². The maximum atomic E-state index is 8.98. The van der Waals surface area contributed by atoms with E-state index in [1.54, 1.807) is 7.11 Å². The van der Waals surface area contributed by atoms with E-state index >= 15 is 0 Å². The molecule has 0 aromatic heterocycles. The van der Waals surface area contributed by atoms with E-state index in [4.69, 9.17) is 14.6 Å². The van der Waals surface area contributed by atoms with Crippen molar-refractivity contribution >= 4 is 0 Å². The van der Waals surface area contributed by atoms with Crippen LogP contribution in [0.25, 0.3) is 0 Å². The Morgan fingerprint density at radius 1 is 1.25 bits per heavy atom. The summed E-state index contributed by atoms with van der Waals surface area (Å²) in [5, 5.41) is 12.4. The zero-order chi connectivity index (χ0) is 14.8. The van der Waals surface area contributed by atoms with Gasteiger partial charge in [0.2, 0.25) is 0 Å². The second kappa shape index (κ2) is 9.61. The van der Waals surface area contributed by atoms with Crippen molar-refractivity contribution in [2.75, 3.05) is 26.9 Å². The van der Waals surface area contributed by atoms with E-state index < -0.39 is 0 Å². The van der Waals surface area contributed by atoms with Crippen molar-refractivity contribution in [2.24, 2.45) is 5.92 Å². The first-order valence-corrected chi connectivity index (χ1v) is 7.36. The molecule has 1 atom stereocenters. The molecule has 1 aromatic rings. The van der Waals surface area contributed by atoms with Crippen LogP contribution >= 0.6 is 0 Å². The molecule has 4 nitrogen and oxygen atoms in total. The van der Waals surface area contributed by atoms with Gasteiger partial charge in [-0.25, -0.2) is 0 Å². The zero-order valence-corrected chi connectivity index (χ0v) is 12.8. The van der Waals surface area contributed by atoms with Gasteiger partial charge in [-0.15, -0.1) is 0 Å². The van der Waals surface area contributed by atoms with Crippen molar-refractivity contribution in [1.82, 2.24) is 5.32 Å². The summed E-state index contributed by atoms with van der Waals surface area (Å²) >= 11 is 0. The predicted molar refractivity (Wildman–Crippen MR) is 81.4 cm³/mol. The van der Waals surface area contributed by atoms with Crippen LogP contribution in [-0.2, 0) is 6.54 Å². The standard InChI is InChI=1S/C16H27NO3/c1-4-13(8-9-18)11-17-12-14-6-7-15(19-3)16(10-14)20-5-2/h6-7,10,13,17-18H,4-5,8-9,11-12H2,1-3H3. The molecule has 2 N–H and O–H groups in total. The van der Waals surface area contributed by atoms with E-state index in [9.17, 15) is 0 Å². The minimum atomic E-state index is 0.261. The largest absolute Gasteiger partial charge is 0.493 e. The van der Waals surface area contributed by atoms with Crippen LogP contribution in [0.2, 0.25) is 0 Å². The lowest BCUT2D eigenvalue weighted by atomic mass is 10.0. The molecule has 0 bridgehead atoms. The maximum absolute atomic E-state index is 8.98. The number of ether oxygens (including phenoxy) is 2. The van der Waals surface area contributed by atoms with Gasteiger partial charge >= 0.3 is 0 Å². The first kappa shape index (κ1) is 16.8. The van der Waals surface area contributed by atoms with Crippen LogP contribution in [0.4, 0.5) is 0 Å². The van der Waals surface area contributed by atoms with E-state index in [2.05, 4.69) is 12.2 Å². The number of benzene rings is 1. The number of hydrogen-bond donors (Lipinski definition) is 2. The molecule has 4 heteroatoms. The van der Waals surface area contributed by atoms with E-state index in [-0.39, 0.29) is 6.61 Å². The topological polar surface area (TPSA) is 50.7 Å². The second-order valence-corrected chi connectivity index (χ2v) is 4.84. The molecule has 0 aliphatic rings. The third kappa shape index (κ3) is 5.39. The van der Waals surface area contributed by atoms with E-state index in [1.165, 1.54) is 5.56 Å². The van der Waals surface area contributed by atoms with Gasteiger partial charge in [-0.05, 0) is 43.5 Å². The Morgan fingerprint density at radius 2 is 2.05 bits per heavy atom. The Kier molecular flexibility index (Phi) is 8.07. The SMILES string of the molecule is CCOc1cc(CNCC(CC)CCO)ccc1OC. The highest BCUT2D eigenvalue weighted by atomic mass is 16.5. The normalized spacial score (nSPS) is 12.2. The van der Waals surface area contributed by atoms with Gasteiger partial charge in [-0.1, -0.05) is 19.4 Å². The Labute approximate surface area is 122 Å². The first-order chi connectivity index (χ1) is 9.74. The molecule has 0 spiro atoms. The molecule has 0 saturated heterocycles. The molecule has 0 radical (unpaired) electrons. The molecule has 1 aromatic carbocycles. The summed E-state index contributed by atoms with van der Waals surface area (Å²) < 4.78 is 10.8. The molecule has 0 fully saturated rings. The lowest BCUT2D eigenvalue weighted by molar-refractivity contribution is 0.251. The van der Waals surface area contributed by atoms with Gasteiger partial charge in [0.1, 0.15) is 0 Å². The Balaban J connectivity index is 2.53. The van der Waals surface area contributed by atoms with Crippen molar-refractivity contribution in [3.05, 3.63) is 23.8 Å². The Bertz CT molecular complexity index is 382. The molecule has 0 aliphatic heterocycles. The summed E-state index contributed by atoms with van der Waals surface area (Å²) in [5.41, 5.74) is 1.17. The highest BCUT2D eigenvalue weighted by Gasteiger charge is 2.07. The maximum Gasteiger partial charge on any atom is 0.161 e. The minimum Gasteiger partial charge on any atom is -0.493 e. The molecule has 114 valence electrons. The number of nitrogens with one attached hydrogen (secondary N) is 1. The van der Waals surface area contributed by atoms with Crippen LogP contribution in [-0.4, -0.2) is 32.0 Å². The van der Waals surface area contributed by atoms with Crippen molar-refractivity contribution in [1.29, 1.82) is 0 Å². The number of rotatable bonds is 10. The Hall–Kier alpha value is -1.26. The van der Waals surface area contributed by atoms with Gasteiger partial charge in [0.05, 0.1) is 13.7 Å². The number of aliphatic hydroxyl groups is 1. The van der Waals surface area contributed by atoms with Crippen molar-refractivity contribution in [3.63, 3.8) is 0 Å². The third-order valence-electron chi connectivity index (χ3n) is 3.40. The van der Waals surface area contributed by atoms with Crippen LogP contribution in [0.3, 0.4) is 0 Å². The summed E-state index contributed by atoms with van der Waals surface area (Å²) in [6, 6.07) is 6.00. The number of methoxy groups -OCH3 is 1. The molecule has 1 rings (SSSR count). The fourth-order valence-electron chi connectivity index (χ4n) is 2.15. The molecular formula is C16H27NO3. The van der Waals surface area contributed by atoms with Gasteiger partial charge in [0.15, 0.2) is 11.5 Å². The minimum absolute atomic E-state index is 0.261. The summed E-state index contributed by atoms with van der Waals surface area (Å²) in [4.78, 5) is 0. The second-order valence-electron chi connectivity index (χ2n) is 4.84. The monoisotopic (exact) mass is 281 g/mol. The van der Waals surface area contributed by atoms with Crippen LogP contribution in [0.1, 0.15) is 32.3 Å². The molecule has 0 aliphatic carbocycles. The number of aliphatic hydroxyl groups excluding tert-OH is 1. The molecule has 0 amide bonds. The van der Waals surface area contributed by atoms with Crippen LogP contribution < -0.4 is 14.8 Å². The average molecular weight is 281 g/mol. The van der Waals surface area contributed by atoms with E-state index in [0.717, 1.165) is 37.4 Å². The molecular weight excluding hydrogens is 254 g/mol. The fourth-order valence-corrected chi connectivity index (χ4v) is 2.15. The van der Waals surface area contributed by atoms with Gasteiger partial charge in [0.25, 0.3) is 0 Å². The van der Waals surface area contributed by atoms with Gasteiger partial charge in [-0.3, -0.25) is 0 Å². The summed E-state index contributed by atoms with van der Waals surface area (Å²) in [6.07, 6.45) is 1.94. The van der Waals surface area contributed by atoms with Crippen molar-refractivity contribution < 1.29 is 14.6 Å². The van der Waals surface area contributed by atoms with Crippen molar-refractivity contribution in [3.8, 4) is 11.5 Å². The van der Waals surface area contributed by atoms with Crippen LogP contribution in [0, 0.1) is 5.92 Å². The quantitative estimate of drug-likeness (QED) is 0.692. The van der Waals surface area contributed by atoms with Gasteiger partial charge < -0.3 is 19.9 Å². The van der Waals surface area contributed by atoms with Crippen LogP contribution in [0.15, 0.2) is 18.2 Å². The lowest BCUT2D eigenvalue weighted by Crippen LogP contribution is -2.22. The number of hydrogen-bond acceptors (Lipinski definition) is 4. The highest BCUT2D eigenvalue weighted by molar-refractivity contribution is 5.42. The Morgan fingerprint density at radius 3 is 2.65 bits per heavy atom. The molecule has 20 heavy (non-hydrogen) atoms. The van der Waals surface area contributed by atoms with Gasteiger partial charge in [0, 0.05) is 13.2 Å².